The fourth-order valence-corrected chi connectivity index (χ4v) is 2.79. The Morgan fingerprint density at radius 1 is 1.31 bits per heavy atom. The van der Waals surface area contributed by atoms with Gasteiger partial charge in [-0.3, -0.25) is 4.55 Å². The molecule has 0 aromatic heterocycles. The summed E-state index contributed by atoms with van der Waals surface area (Å²) < 4.78 is 36.8. The molecule has 0 spiro atoms. The highest BCUT2D eigenvalue weighted by atomic mass is 32.2. The highest BCUT2D eigenvalue weighted by molar-refractivity contribution is 7.85. The molecular weight excluding hydrogens is 228 g/mol. The fourth-order valence-electron chi connectivity index (χ4n) is 2.05. The Bertz CT molecular complexity index is 533. The average molecular weight is 242 g/mol. The topological polar surface area (TPSA) is 66.9 Å². The molecule has 2 atom stereocenters. The summed E-state index contributed by atoms with van der Waals surface area (Å²) >= 11 is 0. The maximum absolute atomic E-state index is 11.2. The fraction of sp³-hybridized carbons (Fsp3) is 0.455. The van der Waals surface area contributed by atoms with Crippen LogP contribution in [0.4, 0.5) is 0 Å². The van der Waals surface area contributed by atoms with E-state index in [1.807, 2.05) is 13.8 Å². The van der Waals surface area contributed by atoms with Gasteiger partial charge in [-0.1, -0.05) is 6.07 Å². The second kappa shape index (κ2) is 3.55. The van der Waals surface area contributed by atoms with E-state index in [4.69, 9.17) is 9.29 Å². The van der Waals surface area contributed by atoms with Crippen LogP contribution in [0, 0.1) is 13.8 Å². The van der Waals surface area contributed by atoms with E-state index in [9.17, 15) is 8.42 Å². The first-order valence-electron chi connectivity index (χ1n) is 5.05. The van der Waals surface area contributed by atoms with E-state index < -0.39 is 10.1 Å². The zero-order chi connectivity index (χ0) is 12.1. The van der Waals surface area contributed by atoms with Crippen LogP contribution in [0.1, 0.15) is 29.7 Å². The number of hydrogen-bond donors (Lipinski definition) is 1. The molecule has 4 nitrogen and oxygen atoms in total. The van der Waals surface area contributed by atoms with Crippen LogP contribution in [0.25, 0.3) is 0 Å². The van der Waals surface area contributed by atoms with E-state index in [-0.39, 0.29) is 17.1 Å². The molecule has 1 fully saturated rings. The third kappa shape index (κ3) is 1.86. The van der Waals surface area contributed by atoms with Crippen LogP contribution in [-0.2, 0) is 14.9 Å². The summed E-state index contributed by atoms with van der Waals surface area (Å²) in [5.74, 6) is 0. The Morgan fingerprint density at radius 3 is 2.31 bits per heavy atom. The summed E-state index contributed by atoms with van der Waals surface area (Å²) in [5, 5.41) is 0. The molecule has 16 heavy (non-hydrogen) atoms. The molecule has 1 saturated heterocycles. The van der Waals surface area contributed by atoms with Crippen LogP contribution in [0.3, 0.4) is 0 Å². The molecule has 2 rings (SSSR count). The number of rotatable bonds is 2. The van der Waals surface area contributed by atoms with Crippen molar-refractivity contribution in [2.24, 2.45) is 0 Å². The molecule has 1 aromatic rings. The lowest BCUT2D eigenvalue weighted by Crippen LogP contribution is -2.05. The maximum atomic E-state index is 11.2. The van der Waals surface area contributed by atoms with E-state index >= 15 is 0 Å². The van der Waals surface area contributed by atoms with Crippen molar-refractivity contribution in [1.82, 2.24) is 0 Å². The van der Waals surface area contributed by atoms with Crippen molar-refractivity contribution in [1.29, 1.82) is 0 Å². The molecule has 1 heterocycles. The number of epoxide rings is 1. The van der Waals surface area contributed by atoms with Gasteiger partial charge in [0.2, 0.25) is 0 Å². The molecule has 1 unspecified atom stereocenters. The van der Waals surface area contributed by atoms with Gasteiger partial charge in [-0.15, -0.1) is 0 Å². The Balaban J connectivity index is 2.61. The maximum Gasteiger partial charge on any atom is 0.294 e. The number of ether oxygens (including phenoxy) is 1. The molecule has 0 amide bonds. The Labute approximate surface area is 95.0 Å². The van der Waals surface area contributed by atoms with E-state index in [0.29, 0.717) is 5.56 Å². The van der Waals surface area contributed by atoms with Crippen molar-refractivity contribution in [3.8, 4) is 0 Å². The van der Waals surface area contributed by atoms with Gasteiger partial charge >= 0.3 is 0 Å². The molecule has 1 N–H and O–H groups in total. The van der Waals surface area contributed by atoms with Gasteiger partial charge in [0.15, 0.2) is 0 Å². The number of aryl methyl sites for hydroxylation is 1. The molecule has 0 radical (unpaired) electrons. The minimum absolute atomic E-state index is 0.0317. The Morgan fingerprint density at radius 2 is 1.88 bits per heavy atom. The third-order valence-corrected chi connectivity index (χ3v) is 3.95. The average Bonchev–Trinajstić information content (AvgIpc) is 2.80. The van der Waals surface area contributed by atoms with Crippen molar-refractivity contribution in [2.75, 3.05) is 0 Å². The van der Waals surface area contributed by atoms with Crippen molar-refractivity contribution in [2.45, 2.75) is 37.9 Å². The van der Waals surface area contributed by atoms with Crippen molar-refractivity contribution in [3.05, 3.63) is 28.8 Å². The summed E-state index contributed by atoms with van der Waals surface area (Å²) in [4.78, 5) is -0.0317. The second-order valence-electron chi connectivity index (χ2n) is 4.16. The van der Waals surface area contributed by atoms with E-state index in [1.54, 1.807) is 13.0 Å². The Hall–Kier alpha value is -0.910. The largest absolute Gasteiger partial charge is 0.365 e. The van der Waals surface area contributed by atoms with Gasteiger partial charge in [-0.05, 0) is 43.5 Å². The van der Waals surface area contributed by atoms with E-state index in [2.05, 4.69) is 0 Å². The minimum atomic E-state index is -4.15. The highest BCUT2D eigenvalue weighted by Crippen LogP contribution is 2.42. The zero-order valence-electron chi connectivity index (χ0n) is 9.39. The first kappa shape index (κ1) is 11.6. The number of hydrogen-bond acceptors (Lipinski definition) is 3. The lowest BCUT2D eigenvalue weighted by Gasteiger charge is -2.10. The zero-order valence-corrected chi connectivity index (χ0v) is 10.2. The van der Waals surface area contributed by atoms with E-state index in [1.165, 1.54) is 6.07 Å². The van der Waals surface area contributed by atoms with Crippen LogP contribution >= 0.6 is 0 Å². The van der Waals surface area contributed by atoms with Crippen LogP contribution in [-0.4, -0.2) is 19.1 Å². The van der Waals surface area contributed by atoms with Gasteiger partial charge in [0.1, 0.15) is 6.10 Å². The lowest BCUT2D eigenvalue weighted by molar-refractivity contribution is 0.382. The predicted octanol–water partition coefficient (Wildman–Crippen LogP) is 2.01. The standard InChI is InChI=1S/C11H14O4S/c1-6-4-5-9(16(12,13)14)7(2)10(6)11-8(3)15-11/h4-5,8,11H,1-3H3,(H,12,13,14)/t8-,11?/m1/s1. The SMILES string of the molecule is Cc1ccc(S(=O)(=O)O)c(C)c1C1O[C@@H]1C. The molecule has 0 saturated carbocycles. The molecule has 5 heteroatoms. The molecular formula is C11H14O4S. The Kier molecular flexibility index (Phi) is 2.57. The molecule has 1 aromatic carbocycles. The van der Waals surface area contributed by atoms with Gasteiger partial charge in [-0.25, -0.2) is 0 Å². The van der Waals surface area contributed by atoms with Crippen molar-refractivity contribution >= 4 is 10.1 Å². The van der Waals surface area contributed by atoms with Crippen LogP contribution in [0.15, 0.2) is 17.0 Å². The highest BCUT2D eigenvalue weighted by Gasteiger charge is 2.38. The first-order chi connectivity index (χ1) is 7.32. The third-order valence-electron chi connectivity index (χ3n) is 2.96. The summed E-state index contributed by atoms with van der Waals surface area (Å²) in [5.41, 5.74) is 2.44. The van der Waals surface area contributed by atoms with Crippen LogP contribution in [0.5, 0.6) is 0 Å². The lowest BCUT2D eigenvalue weighted by atomic mass is 9.99. The minimum Gasteiger partial charge on any atom is -0.365 e. The van der Waals surface area contributed by atoms with E-state index in [0.717, 1.165) is 11.1 Å². The monoisotopic (exact) mass is 242 g/mol. The molecule has 88 valence electrons. The summed E-state index contributed by atoms with van der Waals surface area (Å²) in [6.45, 7) is 5.54. The predicted molar refractivity (Wildman–Crippen MR) is 59.0 cm³/mol. The van der Waals surface area contributed by atoms with Crippen LogP contribution in [0.2, 0.25) is 0 Å². The van der Waals surface area contributed by atoms with Gasteiger partial charge in [-0.2, -0.15) is 8.42 Å². The summed E-state index contributed by atoms with van der Waals surface area (Å²) in [7, 11) is -4.15. The molecule has 0 aliphatic carbocycles. The van der Waals surface area contributed by atoms with Gasteiger partial charge in [0, 0.05) is 0 Å². The van der Waals surface area contributed by atoms with Gasteiger partial charge < -0.3 is 4.74 Å². The van der Waals surface area contributed by atoms with Gasteiger partial charge in [0.25, 0.3) is 10.1 Å². The smallest absolute Gasteiger partial charge is 0.294 e. The molecule has 1 aliphatic heterocycles. The quantitative estimate of drug-likeness (QED) is 0.636. The molecule has 1 aliphatic rings. The second-order valence-corrected chi connectivity index (χ2v) is 5.55. The molecule has 0 bridgehead atoms. The number of benzene rings is 1. The van der Waals surface area contributed by atoms with Gasteiger partial charge in [0.05, 0.1) is 11.0 Å². The normalized spacial score (nSPS) is 24.5. The van der Waals surface area contributed by atoms with Crippen LogP contribution < -0.4 is 0 Å². The first-order valence-corrected chi connectivity index (χ1v) is 6.49. The van der Waals surface area contributed by atoms with Crippen molar-refractivity contribution < 1.29 is 17.7 Å². The summed E-state index contributed by atoms with van der Waals surface area (Å²) in [6, 6.07) is 3.12. The summed E-state index contributed by atoms with van der Waals surface area (Å²) in [6.07, 6.45) is 0.0794. The van der Waals surface area contributed by atoms with Crippen molar-refractivity contribution in [3.63, 3.8) is 0 Å².